The Morgan fingerprint density at radius 2 is 1.76 bits per heavy atom. The molecule has 3 aromatic rings. The first-order chi connectivity index (χ1) is 12.3. The first-order valence-electron chi connectivity index (χ1n) is 8.42. The van der Waals surface area contributed by atoms with Gasteiger partial charge in [-0.2, -0.15) is 0 Å². The molecule has 1 atom stereocenters. The van der Waals surface area contributed by atoms with Crippen molar-refractivity contribution < 1.29 is 4.74 Å². The lowest BCUT2D eigenvalue weighted by atomic mass is 10.1. The van der Waals surface area contributed by atoms with Gasteiger partial charge in [0.15, 0.2) is 0 Å². The molecule has 0 amide bonds. The molecule has 0 spiro atoms. The van der Waals surface area contributed by atoms with Gasteiger partial charge in [-0.15, -0.1) is 0 Å². The number of rotatable bonds is 5. The molecule has 1 aliphatic rings. The van der Waals surface area contributed by atoms with Gasteiger partial charge in [0.05, 0.1) is 6.04 Å². The minimum atomic E-state index is 0.177. The van der Waals surface area contributed by atoms with Gasteiger partial charge in [0.25, 0.3) is 0 Å². The molecule has 0 N–H and O–H groups in total. The highest BCUT2D eigenvalue weighted by molar-refractivity contribution is 6.30. The van der Waals surface area contributed by atoms with Crippen LogP contribution < -0.4 is 0 Å². The maximum Gasteiger partial charge on any atom is 0.233 e. The highest BCUT2D eigenvalue weighted by Gasteiger charge is 2.22. The number of ether oxygens (including phenoxy) is 1. The first kappa shape index (κ1) is 16.0. The Morgan fingerprint density at radius 1 is 0.960 bits per heavy atom. The predicted molar refractivity (Wildman–Crippen MR) is 101 cm³/mol. The molecule has 0 aliphatic carbocycles. The van der Waals surface area contributed by atoms with E-state index in [1.807, 2.05) is 36.4 Å². The van der Waals surface area contributed by atoms with Crippen LogP contribution in [0.15, 0.2) is 77.9 Å². The standard InChI is InChI=1S/C21H19ClN2O/c22-18-10-8-17(9-11-18)14-24-12-4-7-20(24)21-23-19(15-25-21)13-16-5-2-1-3-6-16/h1-12,19H,13-15H2/t19-/m0/s1. The first-order valence-corrected chi connectivity index (χ1v) is 8.80. The third kappa shape index (κ3) is 3.77. The second-order valence-corrected chi connectivity index (χ2v) is 6.67. The van der Waals surface area contributed by atoms with Crippen LogP contribution >= 0.6 is 11.6 Å². The Bertz CT molecular complexity index is 868. The molecule has 0 fully saturated rings. The van der Waals surface area contributed by atoms with Crippen molar-refractivity contribution in [3.05, 3.63) is 94.8 Å². The molecule has 4 heteroatoms. The van der Waals surface area contributed by atoms with Gasteiger partial charge in [-0.25, -0.2) is 4.99 Å². The number of aromatic nitrogens is 1. The van der Waals surface area contributed by atoms with Crippen LogP contribution in [0.5, 0.6) is 0 Å². The molecule has 0 saturated carbocycles. The number of halogens is 1. The summed E-state index contributed by atoms with van der Waals surface area (Å²) in [7, 11) is 0. The monoisotopic (exact) mass is 350 g/mol. The van der Waals surface area contributed by atoms with Gasteiger partial charge in [0.1, 0.15) is 12.3 Å². The molecule has 126 valence electrons. The predicted octanol–water partition coefficient (Wildman–Crippen LogP) is 4.58. The highest BCUT2D eigenvalue weighted by Crippen LogP contribution is 2.18. The molecule has 1 aromatic heterocycles. The van der Waals surface area contributed by atoms with Gasteiger partial charge in [-0.05, 0) is 41.8 Å². The molecule has 0 radical (unpaired) electrons. The van der Waals surface area contributed by atoms with Crippen molar-refractivity contribution in [3.63, 3.8) is 0 Å². The highest BCUT2D eigenvalue weighted by atomic mass is 35.5. The van der Waals surface area contributed by atoms with Crippen LogP contribution in [0.25, 0.3) is 0 Å². The van der Waals surface area contributed by atoms with E-state index in [4.69, 9.17) is 21.3 Å². The molecule has 0 saturated heterocycles. The minimum Gasteiger partial charge on any atom is -0.474 e. The van der Waals surface area contributed by atoms with Gasteiger partial charge in [0, 0.05) is 17.8 Å². The molecule has 0 bridgehead atoms. The summed E-state index contributed by atoms with van der Waals surface area (Å²) in [6, 6.07) is 22.6. The smallest absolute Gasteiger partial charge is 0.233 e. The summed E-state index contributed by atoms with van der Waals surface area (Å²) < 4.78 is 8.05. The molecular formula is C21H19ClN2O. The van der Waals surface area contributed by atoms with E-state index in [1.54, 1.807) is 0 Å². The maximum absolute atomic E-state index is 5.97. The van der Waals surface area contributed by atoms with Crippen LogP contribution in [0, 0.1) is 0 Å². The Labute approximate surface area is 152 Å². The number of aliphatic imine (C=N–C) groups is 1. The molecule has 25 heavy (non-hydrogen) atoms. The SMILES string of the molecule is Clc1ccc(Cn2cccc2C2=N[C@@H](Cc3ccccc3)CO2)cc1. The largest absolute Gasteiger partial charge is 0.474 e. The summed E-state index contributed by atoms with van der Waals surface area (Å²) in [5, 5.41) is 0.753. The number of hydrogen-bond acceptors (Lipinski definition) is 2. The van der Waals surface area contributed by atoms with Crippen LogP contribution in [0.1, 0.15) is 16.8 Å². The number of nitrogens with zero attached hydrogens (tertiary/aromatic N) is 2. The maximum atomic E-state index is 5.97. The van der Waals surface area contributed by atoms with Gasteiger partial charge in [-0.1, -0.05) is 54.1 Å². The Kier molecular flexibility index (Phi) is 4.57. The quantitative estimate of drug-likeness (QED) is 0.661. The molecule has 2 aromatic carbocycles. The van der Waals surface area contributed by atoms with E-state index in [1.165, 1.54) is 11.1 Å². The van der Waals surface area contributed by atoms with Crippen molar-refractivity contribution in [2.45, 2.75) is 19.0 Å². The zero-order chi connectivity index (χ0) is 17.1. The molecule has 4 rings (SSSR count). The summed E-state index contributed by atoms with van der Waals surface area (Å²) in [4.78, 5) is 4.79. The van der Waals surface area contributed by atoms with E-state index in [-0.39, 0.29) is 6.04 Å². The van der Waals surface area contributed by atoms with Crippen molar-refractivity contribution in [2.24, 2.45) is 4.99 Å². The summed E-state index contributed by atoms with van der Waals surface area (Å²) in [6.07, 6.45) is 2.96. The second kappa shape index (κ2) is 7.16. The zero-order valence-corrected chi connectivity index (χ0v) is 14.6. The molecule has 1 aliphatic heterocycles. The van der Waals surface area contributed by atoms with Crippen LogP contribution in [0.3, 0.4) is 0 Å². The number of benzene rings is 2. The fourth-order valence-electron chi connectivity index (χ4n) is 3.08. The van der Waals surface area contributed by atoms with Crippen molar-refractivity contribution in [2.75, 3.05) is 6.61 Å². The molecular weight excluding hydrogens is 332 g/mol. The van der Waals surface area contributed by atoms with Crippen LogP contribution in [-0.4, -0.2) is 23.1 Å². The fourth-order valence-corrected chi connectivity index (χ4v) is 3.20. The van der Waals surface area contributed by atoms with E-state index in [9.17, 15) is 0 Å². The Balaban J connectivity index is 1.50. The lowest BCUT2D eigenvalue weighted by Crippen LogP contribution is -2.11. The zero-order valence-electron chi connectivity index (χ0n) is 13.8. The van der Waals surface area contributed by atoms with Gasteiger partial charge in [-0.3, -0.25) is 0 Å². The van der Waals surface area contributed by atoms with Gasteiger partial charge < -0.3 is 9.30 Å². The van der Waals surface area contributed by atoms with Crippen molar-refractivity contribution >= 4 is 17.5 Å². The van der Waals surface area contributed by atoms with E-state index < -0.39 is 0 Å². The van der Waals surface area contributed by atoms with Gasteiger partial charge >= 0.3 is 0 Å². The summed E-state index contributed by atoms with van der Waals surface area (Å²) in [6.45, 7) is 1.40. The van der Waals surface area contributed by atoms with Crippen LogP contribution in [0.4, 0.5) is 0 Å². The Morgan fingerprint density at radius 3 is 2.56 bits per heavy atom. The number of hydrogen-bond donors (Lipinski definition) is 0. The van der Waals surface area contributed by atoms with E-state index in [0.717, 1.165) is 29.6 Å². The third-order valence-corrected chi connectivity index (χ3v) is 4.59. The fraction of sp³-hybridized carbons (Fsp3) is 0.190. The van der Waals surface area contributed by atoms with Crippen LogP contribution in [0.2, 0.25) is 5.02 Å². The van der Waals surface area contributed by atoms with E-state index in [2.05, 4.69) is 41.1 Å². The van der Waals surface area contributed by atoms with Gasteiger partial charge in [0.2, 0.25) is 5.90 Å². The lowest BCUT2D eigenvalue weighted by Gasteiger charge is -2.09. The third-order valence-electron chi connectivity index (χ3n) is 4.34. The molecule has 2 heterocycles. The van der Waals surface area contributed by atoms with Crippen molar-refractivity contribution in [1.29, 1.82) is 0 Å². The Hall–Kier alpha value is -2.52. The molecule has 3 nitrogen and oxygen atoms in total. The average molecular weight is 351 g/mol. The average Bonchev–Trinajstić information content (AvgIpc) is 3.27. The second-order valence-electron chi connectivity index (χ2n) is 6.24. The van der Waals surface area contributed by atoms with E-state index >= 15 is 0 Å². The topological polar surface area (TPSA) is 26.5 Å². The summed E-state index contributed by atoms with van der Waals surface area (Å²) in [5.74, 6) is 0.736. The van der Waals surface area contributed by atoms with Crippen molar-refractivity contribution in [1.82, 2.24) is 4.57 Å². The molecule has 0 unspecified atom stereocenters. The van der Waals surface area contributed by atoms with E-state index in [0.29, 0.717) is 6.61 Å². The lowest BCUT2D eigenvalue weighted by molar-refractivity contribution is 0.315. The van der Waals surface area contributed by atoms with Crippen LogP contribution in [-0.2, 0) is 17.7 Å². The minimum absolute atomic E-state index is 0.177. The normalized spacial score (nSPS) is 16.5. The summed E-state index contributed by atoms with van der Waals surface area (Å²) in [5.41, 5.74) is 3.50. The van der Waals surface area contributed by atoms with Crippen molar-refractivity contribution in [3.8, 4) is 0 Å². The summed E-state index contributed by atoms with van der Waals surface area (Å²) >= 11 is 5.97.